The quantitative estimate of drug-likeness (QED) is 0.858. The van der Waals surface area contributed by atoms with Crippen molar-refractivity contribution in [3.63, 3.8) is 0 Å². The summed E-state index contributed by atoms with van der Waals surface area (Å²) >= 11 is 11.7. The summed E-state index contributed by atoms with van der Waals surface area (Å²) in [5, 5.41) is 0.638. The summed E-state index contributed by atoms with van der Waals surface area (Å²) in [4.78, 5) is 15.4. The first-order chi connectivity index (χ1) is 8.61. The van der Waals surface area contributed by atoms with Crippen LogP contribution in [-0.2, 0) is 17.8 Å². The molecule has 0 saturated heterocycles. The molecule has 0 radical (unpaired) electrons. The van der Waals surface area contributed by atoms with Gasteiger partial charge in [0.15, 0.2) is 0 Å². The fourth-order valence-corrected chi connectivity index (χ4v) is 2.24. The molecule has 96 valence electrons. The zero-order valence-electron chi connectivity index (χ0n) is 9.70. The Labute approximate surface area is 115 Å². The lowest BCUT2D eigenvalue weighted by Crippen LogP contribution is -2.15. The summed E-state index contributed by atoms with van der Waals surface area (Å²) in [5.41, 5.74) is 6.94. The molecule has 2 rings (SSSR count). The van der Waals surface area contributed by atoms with Gasteiger partial charge in [-0.05, 0) is 18.2 Å². The van der Waals surface area contributed by atoms with E-state index in [2.05, 4.69) is 4.98 Å². The topological polar surface area (TPSA) is 60.9 Å². The van der Waals surface area contributed by atoms with E-state index in [0.717, 1.165) is 16.9 Å². The number of carbonyl (C=O) groups excluding carboxylic acids is 1. The van der Waals surface area contributed by atoms with Gasteiger partial charge in [0.1, 0.15) is 5.82 Å². The number of nitrogens with two attached hydrogens (primary N) is 1. The van der Waals surface area contributed by atoms with Gasteiger partial charge < -0.3 is 10.3 Å². The van der Waals surface area contributed by atoms with Crippen molar-refractivity contribution in [2.45, 2.75) is 19.4 Å². The van der Waals surface area contributed by atoms with E-state index in [4.69, 9.17) is 28.9 Å². The Kier molecular flexibility index (Phi) is 4.09. The van der Waals surface area contributed by atoms with Gasteiger partial charge in [0.25, 0.3) is 0 Å². The van der Waals surface area contributed by atoms with E-state index in [1.807, 2.05) is 10.6 Å². The van der Waals surface area contributed by atoms with Crippen molar-refractivity contribution in [2.24, 2.45) is 5.73 Å². The van der Waals surface area contributed by atoms with Crippen LogP contribution in [-0.4, -0.2) is 21.3 Å². The number of carbonyl (C=O) groups is 1. The van der Waals surface area contributed by atoms with Gasteiger partial charge in [0.2, 0.25) is 5.91 Å². The molecule has 1 aromatic carbocycles. The number of alkyl halides is 1. The average molecular weight is 286 g/mol. The zero-order valence-corrected chi connectivity index (χ0v) is 11.2. The number of benzene rings is 1. The van der Waals surface area contributed by atoms with E-state index >= 15 is 0 Å². The van der Waals surface area contributed by atoms with Crippen LogP contribution >= 0.6 is 23.2 Å². The Hall–Kier alpha value is -1.26. The molecule has 1 aromatic heterocycles. The normalized spacial score (nSPS) is 11.0. The smallest absolute Gasteiger partial charge is 0.219 e. The molecule has 0 atom stereocenters. The van der Waals surface area contributed by atoms with Crippen molar-refractivity contribution in [3.05, 3.63) is 29.0 Å². The van der Waals surface area contributed by atoms with Crippen LogP contribution in [0, 0.1) is 0 Å². The highest BCUT2D eigenvalue weighted by atomic mass is 35.5. The third kappa shape index (κ3) is 2.76. The molecule has 0 bridgehead atoms. The summed E-state index contributed by atoms with van der Waals surface area (Å²) in [6.07, 6.45) is 0.927. The second-order valence-corrected chi connectivity index (χ2v) is 4.78. The summed E-state index contributed by atoms with van der Waals surface area (Å²) < 4.78 is 1.97. The van der Waals surface area contributed by atoms with Gasteiger partial charge in [0, 0.05) is 30.3 Å². The molecule has 0 aliphatic rings. The lowest BCUT2D eigenvalue weighted by Gasteiger charge is -2.06. The number of nitrogens with zero attached hydrogens (tertiary/aromatic N) is 2. The van der Waals surface area contributed by atoms with Crippen molar-refractivity contribution < 1.29 is 4.79 Å². The molecule has 1 heterocycles. The number of fused-ring (bicyclic) bond motifs is 1. The number of aryl methyl sites for hydroxylation is 2. The van der Waals surface area contributed by atoms with Crippen molar-refractivity contribution in [1.82, 2.24) is 9.55 Å². The van der Waals surface area contributed by atoms with Crippen LogP contribution in [0.3, 0.4) is 0 Å². The van der Waals surface area contributed by atoms with Crippen molar-refractivity contribution >= 4 is 40.1 Å². The Morgan fingerprint density at radius 1 is 1.44 bits per heavy atom. The summed E-state index contributed by atoms with van der Waals surface area (Å²) in [7, 11) is 0. The first-order valence-electron chi connectivity index (χ1n) is 5.60. The maximum absolute atomic E-state index is 10.9. The summed E-state index contributed by atoms with van der Waals surface area (Å²) in [5.74, 6) is 0.999. The third-order valence-electron chi connectivity index (χ3n) is 2.69. The largest absolute Gasteiger partial charge is 0.370 e. The Bertz CT molecular complexity index is 580. The monoisotopic (exact) mass is 285 g/mol. The van der Waals surface area contributed by atoms with Crippen molar-refractivity contribution in [1.29, 1.82) is 0 Å². The molecule has 0 aliphatic carbocycles. The fraction of sp³-hybridized carbons (Fsp3) is 0.333. The number of hydrogen-bond donors (Lipinski definition) is 1. The molecule has 6 heteroatoms. The first-order valence-corrected chi connectivity index (χ1v) is 6.52. The van der Waals surface area contributed by atoms with Gasteiger partial charge in [0.05, 0.1) is 11.0 Å². The van der Waals surface area contributed by atoms with Gasteiger partial charge in [-0.3, -0.25) is 4.79 Å². The second kappa shape index (κ2) is 5.59. The molecular formula is C12H13Cl2N3O. The molecule has 0 unspecified atom stereocenters. The van der Waals surface area contributed by atoms with E-state index in [1.165, 1.54) is 0 Å². The summed E-state index contributed by atoms with van der Waals surface area (Å²) in [6, 6.07) is 5.50. The number of aromatic nitrogens is 2. The predicted molar refractivity (Wildman–Crippen MR) is 73.0 cm³/mol. The van der Waals surface area contributed by atoms with E-state index in [1.54, 1.807) is 12.1 Å². The molecule has 18 heavy (non-hydrogen) atoms. The van der Waals surface area contributed by atoms with Crippen LogP contribution in [0.4, 0.5) is 0 Å². The number of primary amides is 1. The minimum absolute atomic E-state index is 0.281. The van der Waals surface area contributed by atoms with Gasteiger partial charge in [-0.25, -0.2) is 4.98 Å². The number of hydrogen-bond acceptors (Lipinski definition) is 2. The van der Waals surface area contributed by atoms with Crippen LogP contribution in [0.1, 0.15) is 12.2 Å². The standard InChI is InChI=1S/C12H13Cl2N3O/c13-5-3-12-16-9-7-8(14)1-2-10(9)17(12)6-4-11(15)18/h1-2,7H,3-6H2,(H2,15,18). The second-order valence-electron chi connectivity index (χ2n) is 3.97. The van der Waals surface area contributed by atoms with E-state index in [0.29, 0.717) is 23.9 Å². The SMILES string of the molecule is NC(=O)CCn1c(CCCl)nc2cc(Cl)ccc21. The maximum Gasteiger partial charge on any atom is 0.219 e. The number of imidazole rings is 1. The van der Waals surface area contributed by atoms with Gasteiger partial charge in [-0.15, -0.1) is 11.6 Å². The number of halogens is 2. The predicted octanol–water partition coefficient (Wildman–Crippen LogP) is 2.35. The van der Waals surface area contributed by atoms with Crippen molar-refractivity contribution in [2.75, 3.05) is 5.88 Å². The number of rotatable bonds is 5. The zero-order chi connectivity index (χ0) is 13.1. The van der Waals surface area contributed by atoms with Gasteiger partial charge in [-0.1, -0.05) is 11.6 Å². The third-order valence-corrected chi connectivity index (χ3v) is 3.11. The van der Waals surface area contributed by atoms with Crippen molar-refractivity contribution in [3.8, 4) is 0 Å². The average Bonchev–Trinajstić information content (AvgIpc) is 2.63. The molecule has 1 amide bonds. The Morgan fingerprint density at radius 2 is 2.22 bits per heavy atom. The molecule has 2 N–H and O–H groups in total. The molecular weight excluding hydrogens is 273 g/mol. The highest BCUT2D eigenvalue weighted by Crippen LogP contribution is 2.21. The lowest BCUT2D eigenvalue weighted by molar-refractivity contribution is -0.118. The molecule has 4 nitrogen and oxygen atoms in total. The summed E-state index contributed by atoms with van der Waals surface area (Å²) in [6.45, 7) is 0.514. The van der Waals surface area contributed by atoms with Crippen LogP contribution in [0.2, 0.25) is 5.02 Å². The van der Waals surface area contributed by atoms with Crippen LogP contribution in [0.5, 0.6) is 0 Å². The van der Waals surface area contributed by atoms with Gasteiger partial charge >= 0.3 is 0 Å². The highest BCUT2D eigenvalue weighted by molar-refractivity contribution is 6.31. The van der Waals surface area contributed by atoms with Crippen LogP contribution in [0.25, 0.3) is 11.0 Å². The molecule has 0 spiro atoms. The van der Waals surface area contributed by atoms with E-state index in [-0.39, 0.29) is 12.3 Å². The minimum Gasteiger partial charge on any atom is -0.370 e. The molecule has 0 aliphatic heterocycles. The molecule has 0 fully saturated rings. The first kappa shape index (κ1) is 13.2. The molecule has 0 saturated carbocycles. The van der Waals surface area contributed by atoms with Gasteiger partial charge in [-0.2, -0.15) is 0 Å². The lowest BCUT2D eigenvalue weighted by atomic mass is 10.3. The van der Waals surface area contributed by atoms with Crippen LogP contribution in [0.15, 0.2) is 18.2 Å². The van der Waals surface area contributed by atoms with E-state index < -0.39 is 0 Å². The Morgan fingerprint density at radius 3 is 2.89 bits per heavy atom. The Balaban J connectivity index is 2.44. The highest BCUT2D eigenvalue weighted by Gasteiger charge is 2.11. The fourth-order valence-electron chi connectivity index (χ4n) is 1.90. The van der Waals surface area contributed by atoms with Crippen LogP contribution < -0.4 is 5.73 Å². The maximum atomic E-state index is 10.9. The van der Waals surface area contributed by atoms with E-state index in [9.17, 15) is 4.79 Å². The molecule has 2 aromatic rings. The minimum atomic E-state index is -0.331. The number of amides is 1.